The lowest BCUT2D eigenvalue weighted by Crippen LogP contribution is -2.23. The van der Waals surface area contributed by atoms with Gasteiger partial charge in [-0.1, -0.05) is 23.7 Å². The summed E-state index contributed by atoms with van der Waals surface area (Å²) < 4.78 is 14.8. The number of amides is 1. The molecule has 0 saturated carbocycles. The summed E-state index contributed by atoms with van der Waals surface area (Å²) in [6.45, 7) is -1.13. The lowest BCUT2D eigenvalue weighted by atomic mass is 10.3. The number of ether oxygens (including phenoxy) is 3. The third-order valence-corrected chi connectivity index (χ3v) is 3.50. The predicted molar refractivity (Wildman–Crippen MR) is 96.2 cm³/mol. The second kappa shape index (κ2) is 9.39. The maximum atomic E-state index is 11.8. The molecule has 0 fully saturated rings. The Labute approximate surface area is 158 Å². The molecule has 0 spiro atoms. The molecule has 1 N–H and O–H groups in total. The van der Waals surface area contributed by atoms with Crippen LogP contribution in [0.3, 0.4) is 0 Å². The van der Waals surface area contributed by atoms with Gasteiger partial charge in [0.1, 0.15) is 5.75 Å². The number of carbonyl (C=O) groups is 2. The SMILES string of the molecule is COc1ccc(NC(=O)COC(=O)COc2ccccc2[N+](=O)[O-])cc1Cl. The van der Waals surface area contributed by atoms with Crippen LogP contribution in [0.25, 0.3) is 0 Å². The first-order valence-corrected chi connectivity index (χ1v) is 7.93. The van der Waals surface area contributed by atoms with Crippen LogP contribution in [0.1, 0.15) is 0 Å². The minimum Gasteiger partial charge on any atom is -0.495 e. The van der Waals surface area contributed by atoms with Gasteiger partial charge in [-0.25, -0.2) is 4.79 Å². The van der Waals surface area contributed by atoms with Gasteiger partial charge in [0.05, 0.1) is 17.1 Å². The molecule has 2 aromatic rings. The number of nitro groups is 1. The smallest absolute Gasteiger partial charge is 0.344 e. The summed E-state index contributed by atoms with van der Waals surface area (Å²) in [4.78, 5) is 33.7. The van der Waals surface area contributed by atoms with Crippen LogP contribution < -0.4 is 14.8 Å². The minimum atomic E-state index is -0.851. The largest absolute Gasteiger partial charge is 0.495 e. The molecule has 0 aliphatic carbocycles. The molecule has 0 aliphatic heterocycles. The van der Waals surface area contributed by atoms with Gasteiger partial charge in [0.2, 0.25) is 0 Å². The van der Waals surface area contributed by atoms with E-state index in [4.69, 9.17) is 25.8 Å². The van der Waals surface area contributed by atoms with Crippen LogP contribution in [-0.4, -0.2) is 37.1 Å². The molecular formula is C17H15ClN2O7. The summed E-state index contributed by atoms with van der Waals surface area (Å²) in [6.07, 6.45) is 0. The average Bonchev–Trinajstić information content (AvgIpc) is 2.65. The number of nitrogens with zero attached hydrogens (tertiary/aromatic N) is 1. The fraction of sp³-hybridized carbons (Fsp3) is 0.176. The Hall–Kier alpha value is -3.33. The van der Waals surface area contributed by atoms with Crippen LogP contribution in [-0.2, 0) is 14.3 Å². The van der Waals surface area contributed by atoms with Crippen molar-refractivity contribution in [2.75, 3.05) is 25.6 Å². The molecule has 142 valence electrons. The Morgan fingerprint density at radius 3 is 2.56 bits per heavy atom. The monoisotopic (exact) mass is 394 g/mol. The maximum absolute atomic E-state index is 11.8. The Bertz CT molecular complexity index is 857. The highest BCUT2D eigenvalue weighted by atomic mass is 35.5. The van der Waals surface area contributed by atoms with Gasteiger partial charge in [0.15, 0.2) is 19.0 Å². The number of hydrogen-bond donors (Lipinski definition) is 1. The molecule has 2 rings (SSSR count). The zero-order valence-corrected chi connectivity index (χ0v) is 14.9. The number of rotatable bonds is 8. The summed E-state index contributed by atoms with van der Waals surface area (Å²) in [6, 6.07) is 10.2. The van der Waals surface area contributed by atoms with Crippen molar-refractivity contribution in [3.63, 3.8) is 0 Å². The van der Waals surface area contributed by atoms with E-state index in [1.165, 1.54) is 37.4 Å². The third kappa shape index (κ3) is 5.86. The van der Waals surface area contributed by atoms with Crippen molar-refractivity contribution >= 4 is 34.9 Å². The van der Waals surface area contributed by atoms with Gasteiger partial charge in [0, 0.05) is 11.8 Å². The second-order valence-corrected chi connectivity index (χ2v) is 5.48. The van der Waals surface area contributed by atoms with Crippen LogP contribution in [0, 0.1) is 10.1 Å². The standard InChI is InChI=1S/C17H15ClN2O7/c1-25-14-7-6-11(8-12(14)18)19-16(21)9-27-17(22)10-26-15-5-3-2-4-13(15)20(23)24/h2-8H,9-10H2,1H3,(H,19,21). The zero-order chi connectivity index (χ0) is 19.8. The molecule has 0 saturated heterocycles. The van der Waals surface area contributed by atoms with Gasteiger partial charge in [0.25, 0.3) is 5.91 Å². The molecule has 0 heterocycles. The third-order valence-electron chi connectivity index (χ3n) is 3.21. The molecule has 0 unspecified atom stereocenters. The number of nitrogens with one attached hydrogen (secondary N) is 1. The highest BCUT2D eigenvalue weighted by molar-refractivity contribution is 6.32. The highest BCUT2D eigenvalue weighted by Gasteiger charge is 2.16. The van der Waals surface area contributed by atoms with E-state index in [0.717, 1.165) is 0 Å². The molecule has 27 heavy (non-hydrogen) atoms. The number of esters is 1. The van der Waals surface area contributed by atoms with Gasteiger partial charge in [-0.3, -0.25) is 14.9 Å². The van der Waals surface area contributed by atoms with Gasteiger partial charge in [-0.05, 0) is 24.3 Å². The number of methoxy groups -OCH3 is 1. The molecule has 0 aromatic heterocycles. The van der Waals surface area contributed by atoms with Crippen molar-refractivity contribution in [1.29, 1.82) is 0 Å². The molecule has 0 bridgehead atoms. The Morgan fingerprint density at radius 2 is 1.89 bits per heavy atom. The fourth-order valence-electron chi connectivity index (χ4n) is 2.00. The van der Waals surface area contributed by atoms with Crippen molar-refractivity contribution in [1.82, 2.24) is 0 Å². The van der Waals surface area contributed by atoms with Crippen LogP contribution >= 0.6 is 11.6 Å². The lowest BCUT2D eigenvalue weighted by molar-refractivity contribution is -0.385. The van der Waals surface area contributed by atoms with E-state index in [9.17, 15) is 19.7 Å². The van der Waals surface area contributed by atoms with Gasteiger partial charge in [-0.15, -0.1) is 0 Å². The quantitative estimate of drug-likeness (QED) is 0.415. The first-order chi connectivity index (χ1) is 12.9. The van der Waals surface area contributed by atoms with Crippen molar-refractivity contribution in [3.05, 3.63) is 57.6 Å². The molecule has 2 aromatic carbocycles. The zero-order valence-electron chi connectivity index (χ0n) is 14.1. The van der Waals surface area contributed by atoms with E-state index >= 15 is 0 Å². The molecule has 0 aliphatic rings. The fourth-order valence-corrected chi connectivity index (χ4v) is 2.25. The van der Waals surface area contributed by atoms with E-state index < -0.39 is 30.0 Å². The van der Waals surface area contributed by atoms with Crippen LogP contribution in [0.5, 0.6) is 11.5 Å². The Morgan fingerprint density at radius 1 is 1.15 bits per heavy atom. The van der Waals surface area contributed by atoms with Crippen molar-refractivity contribution in [2.24, 2.45) is 0 Å². The molecule has 0 radical (unpaired) electrons. The molecule has 0 atom stereocenters. The Kier molecular flexibility index (Phi) is 6.95. The molecular weight excluding hydrogens is 380 g/mol. The van der Waals surface area contributed by atoms with E-state index in [1.54, 1.807) is 12.1 Å². The summed E-state index contributed by atoms with van der Waals surface area (Å²) >= 11 is 5.95. The van der Waals surface area contributed by atoms with Crippen molar-refractivity contribution < 1.29 is 28.7 Å². The molecule has 1 amide bonds. The van der Waals surface area contributed by atoms with Gasteiger partial charge < -0.3 is 19.5 Å². The molecule has 10 heteroatoms. The summed E-state index contributed by atoms with van der Waals surface area (Å²) in [5.41, 5.74) is 0.123. The van der Waals surface area contributed by atoms with E-state index in [2.05, 4.69) is 5.32 Å². The van der Waals surface area contributed by atoms with E-state index in [-0.39, 0.29) is 11.4 Å². The summed E-state index contributed by atoms with van der Waals surface area (Å²) in [5.74, 6) is -1.06. The van der Waals surface area contributed by atoms with Gasteiger partial charge in [-0.2, -0.15) is 0 Å². The number of anilines is 1. The van der Waals surface area contributed by atoms with Crippen molar-refractivity contribution in [2.45, 2.75) is 0 Å². The predicted octanol–water partition coefficient (Wildman–Crippen LogP) is 2.82. The average molecular weight is 395 g/mol. The number of nitro benzene ring substituents is 1. The maximum Gasteiger partial charge on any atom is 0.344 e. The summed E-state index contributed by atoms with van der Waals surface area (Å²) in [5, 5.41) is 13.7. The number of halogens is 1. The first-order valence-electron chi connectivity index (χ1n) is 7.56. The lowest BCUT2D eigenvalue weighted by Gasteiger charge is -2.09. The summed E-state index contributed by atoms with van der Waals surface area (Å²) in [7, 11) is 1.46. The number of hydrogen-bond acceptors (Lipinski definition) is 7. The number of benzene rings is 2. The van der Waals surface area contributed by atoms with E-state index in [1.807, 2.05) is 0 Å². The second-order valence-electron chi connectivity index (χ2n) is 5.07. The van der Waals surface area contributed by atoms with Crippen molar-refractivity contribution in [3.8, 4) is 11.5 Å². The van der Waals surface area contributed by atoms with Crippen LogP contribution in [0.4, 0.5) is 11.4 Å². The Balaban J connectivity index is 1.81. The number of carbonyl (C=O) groups excluding carboxylic acids is 2. The molecule has 9 nitrogen and oxygen atoms in total. The topological polar surface area (TPSA) is 117 Å². The normalized spacial score (nSPS) is 10.0. The van der Waals surface area contributed by atoms with Crippen LogP contribution in [0.15, 0.2) is 42.5 Å². The minimum absolute atomic E-state index is 0.0724. The number of para-hydroxylation sites is 2. The van der Waals surface area contributed by atoms with Gasteiger partial charge >= 0.3 is 11.7 Å². The van der Waals surface area contributed by atoms with E-state index in [0.29, 0.717) is 16.5 Å². The first kappa shape index (κ1) is 20.0. The van der Waals surface area contributed by atoms with Crippen LogP contribution in [0.2, 0.25) is 5.02 Å². The highest BCUT2D eigenvalue weighted by Crippen LogP contribution is 2.27.